The molecule has 2 aliphatic heterocycles. The summed E-state index contributed by atoms with van der Waals surface area (Å²) >= 11 is 1.22. The van der Waals surface area contributed by atoms with Crippen molar-refractivity contribution in [2.75, 3.05) is 13.1 Å². The predicted octanol–water partition coefficient (Wildman–Crippen LogP) is 2.71. The Morgan fingerprint density at radius 1 is 1.09 bits per heavy atom. The molecule has 3 aliphatic rings. The Kier molecular flexibility index (Phi) is 3.53. The van der Waals surface area contributed by atoms with E-state index >= 15 is 0 Å². The lowest BCUT2D eigenvalue weighted by Crippen LogP contribution is -2.38. The molecule has 0 atom stereocenters. The van der Waals surface area contributed by atoms with Gasteiger partial charge in [0.05, 0.1) is 10.2 Å². The number of aromatic nitrogens is 1. The molecule has 22 heavy (non-hydrogen) atoms. The molecule has 1 amide bonds. The molecule has 1 aromatic carbocycles. The zero-order chi connectivity index (χ0) is 15.1. The zero-order valence-electron chi connectivity index (χ0n) is 12.5. The molecule has 116 valence electrons. The quantitative estimate of drug-likeness (QED) is 0.855. The summed E-state index contributed by atoms with van der Waals surface area (Å²) in [6.07, 6.45) is 5.04. The van der Waals surface area contributed by atoms with Crippen LogP contribution in [0.3, 0.4) is 0 Å². The molecule has 3 fully saturated rings. The fourth-order valence-corrected chi connectivity index (χ4v) is 4.79. The Labute approximate surface area is 133 Å². The maximum absolute atomic E-state index is 12.7. The second-order valence-corrected chi connectivity index (χ2v) is 7.60. The molecular formula is C17H20N2O2S. The largest absolute Gasteiger partial charge is 0.341 e. The minimum Gasteiger partial charge on any atom is -0.341 e. The summed E-state index contributed by atoms with van der Waals surface area (Å²) < 4.78 is 2.59. The molecule has 2 saturated heterocycles. The number of nitrogens with zero attached hydrogens (tertiary/aromatic N) is 2. The second kappa shape index (κ2) is 5.54. The third kappa shape index (κ3) is 2.47. The number of thiazole rings is 1. The van der Waals surface area contributed by atoms with Crippen molar-refractivity contribution >= 4 is 27.5 Å². The van der Waals surface area contributed by atoms with E-state index in [2.05, 4.69) is 0 Å². The molecule has 4 nitrogen and oxygen atoms in total. The minimum absolute atomic E-state index is 0.0349. The van der Waals surface area contributed by atoms with E-state index in [1.165, 1.54) is 37.0 Å². The molecule has 1 aliphatic carbocycles. The summed E-state index contributed by atoms with van der Waals surface area (Å²) in [6.45, 7) is 1.95. The van der Waals surface area contributed by atoms with E-state index in [1.807, 2.05) is 29.2 Å². The monoisotopic (exact) mass is 316 g/mol. The van der Waals surface area contributed by atoms with Crippen LogP contribution >= 0.6 is 11.3 Å². The van der Waals surface area contributed by atoms with Gasteiger partial charge >= 0.3 is 4.87 Å². The van der Waals surface area contributed by atoms with Crippen LogP contribution in [0.2, 0.25) is 0 Å². The van der Waals surface area contributed by atoms with E-state index in [0.29, 0.717) is 11.8 Å². The topological polar surface area (TPSA) is 42.3 Å². The highest BCUT2D eigenvalue weighted by molar-refractivity contribution is 7.16. The van der Waals surface area contributed by atoms with Crippen molar-refractivity contribution in [1.82, 2.24) is 9.47 Å². The van der Waals surface area contributed by atoms with Crippen LogP contribution in [0.1, 0.15) is 25.7 Å². The van der Waals surface area contributed by atoms with E-state index < -0.39 is 0 Å². The maximum atomic E-state index is 12.7. The number of amides is 1. The third-order valence-electron chi connectivity index (χ3n) is 5.14. The van der Waals surface area contributed by atoms with Crippen LogP contribution < -0.4 is 4.87 Å². The number of para-hydroxylation sites is 1. The van der Waals surface area contributed by atoms with Gasteiger partial charge in [0, 0.05) is 13.1 Å². The highest BCUT2D eigenvalue weighted by Gasteiger charge is 2.31. The van der Waals surface area contributed by atoms with Gasteiger partial charge in [-0.15, -0.1) is 0 Å². The minimum atomic E-state index is -0.0349. The fourth-order valence-electron chi connectivity index (χ4n) is 3.90. The van der Waals surface area contributed by atoms with Crippen LogP contribution in [0.5, 0.6) is 0 Å². The highest BCUT2D eigenvalue weighted by atomic mass is 32.1. The third-order valence-corrected chi connectivity index (χ3v) is 6.10. The molecule has 0 unspecified atom stereocenters. The Morgan fingerprint density at radius 3 is 2.41 bits per heavy atom. The van der Waals surface area contributed by atoms with Crippen molar-refractivity contribution in [3.05, 3.63) is 33.9 Å². The molecule has 2 bridgehead atoms. The molecule has 5 rings (SSSR count). The SMILES string of the molecule is O=C(Cn1c(=O)sc2ccccc21)N1CC2CCC(CC2)C1. The number of benzene rings is 1. The lowest BCUT2D eigenvalue weighted by molar-refractivity contribution is -0.132. The van der Waals surface area contributed by atoms with Crippen molar-refractivity contribution in [3.63, 3.8) is 0 Å². The van der Waals surface area contributed by atoms with Gasteiger partial charge in [-0.1, -0.05) is 23.5 Å². The van der Waals surface area contributed by atoms with E-state index in [9.17, 15) is 9.59 Å². The lowest BCUT2D eigenvalue weighted by atomic mass is 9.84. The molecular weight excluding hydrogens is 296 g/mol. The first-order valence-electron chi connectivity index (χ1n) is 8.07. The summed E-state index contributed by atoms with van der Waals surface area (Å²) in [6, 6.07) is 7.71. The Morgan fingerprint density at radius 2 is 1.73 bits per heavy atom. The first-order valence-corrected chi connectivity index (χ1v) is 8.88. The average Bonchev–Trinajstić information content (AvgIpc) is 2.72. The maximum Gasteiger partial charge on any atom is 0.308 e. The Balaban J connectivity index is 1.58. The van der Waals surface area contributed by atoms with Crippen LogP contribution in [0.25, 0.3) is 10.2 Å². The molecule has 1 aromatic heterocycles. The van der Waals surface area contributed by atoms with Crippen LogP contribution in [0.4, 0.5) is 0 Å². The molecule has 0 radical (unpaired) electrons. The van der Waals surface area contributed by atoms with Crippen LogP contribution in [-0.2, 0) is 11.3 Å². The number of hydrogen-bond donors (Lipinski definition) is 0. The van der Waals surface area contributed by atoms with Crippen LogP contribution in [-0.4, -0.2) is 28.5 Å². The molecule has 1 saturated carbocycles. The van der Waals surface area contributed by atoms with Gasteiger partial charge in [0.2, 0.25) is 5.91 Å². The molecule has 2 aromatic rings. The summed E-state index contributed by atoms with van der Waals surface area (Å²) in [5.41, 5.74) is 0.878. The van der Waals surface area contributed by atoms with Gasteiger partial charge in [0.1, 0.15) is 6.54 Å². The van der Waals surface area contributed by atoms with Gasteiger partial charge in [-0.05, 0) is 49.7 Å². The van der Waals surface area contributed by atoms with E-state index in [4.69, 9.17) is 0 Å². The van der Waals surface area contributed by atoms with Gasteiger partial charge in [0.25, 0.3) is 0 Å². The number of carbonyl (C=O) groups is 1. The Hall–Kier alpha value is -1.62. The van der Waals surface area contributed by atoms with Crippen molar-refractivity contribution in [3.8, 4) is 0 Å². The normalized spacial score (nSPS) is 24.6. The highest BCUT2D eigenvalue weighted by Crippen LogP contribution is 2.33. The molecule has 0 N–H and O–H groups in total. The van der Waals surface area contributed by atoms with Gasteiger partial charge < -0.3 is 4.90 Å². The van der Waals surface area contributed by atoms with Crippen molar-refractivity contribution < 1.29 is 4.79 Å². The Bertz CT molecular complexity index is 741. The summed E-state index contributed by atoms with van der Waals surface area (Å²) in [7, 11) is 0. The summed E-state index contributed by atoms with van der Waals surface area (Å²) in [5.74, 6) is 1.43. The van der Waals surface area contributed by atoms with E-state index in [0.717, 1.165) is 23.3 Å². The number of rotatable bonds is 2. The fraction of sp³-hybridized carbons (Fsp3) is 0.529. The van der Waals surface area contributed by atoms with Gasteiger partial charge in [0.15, 0.2) is 0 Å². The van der Waals surface area contributed by atoms with Gasteiger partial charge in [-0.3, -0.25) is 14.2 Å². The molecule has 0 spiro atoms. The van der Waals surface area contributed by atoms with Gasteiger partial charge in [-0.2, -0.15) is 0 Å². The zero-order valence-corrected chi connectivity index (χ0v) is 13.3. The van der Waals surface area contributed by atoms with E-state index in [-0.39, 0.29) is 17.3 Å². The van der Waals surface area contributed by atoms with Crippen LogP contribution in [0, 0.1) is 11.8 Å². The van der Waals surface area contributed by atoms with Crippen molar-refractivity contribution in [2.24, 2.45) is 11.8 Å². The first-order chi connectivity index (χ1) is 10.7. The van der Waals surface area contributed by atoms with Gasteiger partial charge in [-0.25, -0.2) is 0 Å². The van der Waals surface area contributed by atoms with E-state index in [1.54, 1.807) is 4.57 Å². The summed E-state index contributed by atoms with van der Waals surface area (Å²) in [4.78, 5) is 26.9. The number of carbonyl (C=O) groups excluding carboxylic acids is 1. The first kappa shape index (κ1) is 14.0. The second-order valence-electron chi connectivity index (χ2n) is 6.61. The molecule has 5 heteroatoms. The van der Waals surface area contributed by atoms with Crippen molar-refractivity contribution in [1.29, 1.82) is 0 Å². The predicted molar refractivity (Wildman–Crippen MR) is 88.1 cm³/mol. The van der Waals surface area contributed by atoms with Crippen molar-refractivity contribution in [2.45, 2.75) is 32.2 Å². The molecule has 3 heterocycles. The number of hydrogen-bond acceptors (Lipinski definition) is 3. The lowest BCUT2D eigenvalue weighted by Gasteiger charge is -2.22. The summed E-state index contributed by atoms with van der Waals surface area (Å²) in [5, 5.41) is 0. The average molecular weight is 316 g/mol. The standard InChI is InChI=1S/C17H20N2O2S/c20-16(18-9-12-5-6-13(10-18)8-7-12)11-19-14-3-1-2-4-15(14)22-17(19)21/h1-4,12-13H,5-11H2. The van der Waals surface area contributed by atoms with Crippen LogP contribution in [0.15, 0.2) is 29.1 Å². The number of fused-ring (bicyclic) bond motifs is 5. The smallest absolute Gasteiger partial charge is 0.308 e.